The zero-order valence-electron chi connectivity index (χ0n) is 8.15. The lowest BCUT2D eigenvalue weighted by Gasteiger charge is -1.99. The molecule has 2 aromatic heterocycles. The predicted octanol–water partition coefficient (Wildman–Crippen LogP) is 1.95. The van der Waals surface area contributed by atoms with E-state index in [2.05, 4.69) is 0 Å². The average molecular weight is 189 g/mol. The zero-order chi connectivity index (χ0) is 10.1. The number of pyridine rings is 1. The van der Waals surface area contributed by atoms with E-state index in [1.165, 1.54) is 10.6 Å². The summed E-state index contributed by atoms with van der Waals surface area (Å²) in [7, 11) is 1.72. The highest BCUT2D eigenvalue weighted by Gasteiger charge is 2.02. The van der Waals surface area contributed by atoms with Crippen LogP contribution in [0.4, 0.5) is 0 Å². The van der Waals surface area contributed by atoms with Crippen molar-refractivity contribution in [1.29, 1.82) is 0 Å². The summed E-state index contributed by atoms with van der Waals surface area (Å²) in [5.74, 6) is 1.66. The molecule has 0 unspecified atom stereocenters. The van der Waals surface area contributed by atoms with Gasteiger partial charge in [0.25, 0.3) is 0 Å². The number of aryl methyl sites for hydroxylation is 2. The van der Waals surface area contributed by atoms with Gasteiger partial charge < -0.3 is 8.98 Å². The Labute approximate surface area is 81.6 Å². The predicted molar refractivity (Wildman–Crippen MR) is 54.1 cm³/mol. The van der Waals surface area contributed by atoms with Crippen molar-refractivity contribution in [2.24, 2.45) is 7.05 Å². The maximum Gasteiger partial charge on any atom is 0.250 e. The van der Waals surface area contributed by atoms with Crippen LogP contribution in [0.5, 0.6) is 0 Å². The monoisotopic (exact) mass is 189 g/mol. The Morgan fingerprint density at radius 3 is 2.57 bits per heavy atom. The Balaban J connectivity index is 2.52. The van der Waals surface area contributed by atoms with E-state index >= 15 is 0 Å². The van der Waals surface area contributed by atoms with Crippen LogP contribution in [-0.2, 0) is 7.05 Å². The van der Waals surface area contributed by atoms with E-state index in [0.717, 1.165) is 17.1 Å². The van der Waals surface area contributed by atoms with Crippen LogP contribution in [0.15, 0.2) is 39.7 Å². The minimum atomic E-state index is -0.0166. The fourth-order valence-corrected chi connectivity index (χ4v) is 1.33. The molecule has 0 atom stereocenters. The summed E-state index contributed by atoms with van der Waals surface area (Å²) in [5.41, 5.74) is 0.900. The lowest BCUT2D eigenvalue weighted by Crippen LogP contribution is -2.13. The highest BCUT2D eigenvalue weighted by atomic mass is 16.3. The molecule has 0 amide bonds. The van der Waals surface area contributed by atoms with Gasteiger partial charge in [0.05, 0.1) is 0 Å². The highest BCUT2D eigenvalue weighted by Crippen LogP contribution is 2.19. The van der Waals surface area contributed by atoms with Gasteiger partial charge in [-0.2, -0.15) is 0 Å². The summed E-state index contributed by atoms with van der Waals surface area (Å²) in [4.78, 5) is 11.1. The molecule has 2 aromatic rings. The van der Waals surface area contributed by atoms with Crippen molar-refractivity contribution in [2.75, 3.05) is 0 Å². The molecule has 0 spiro atoms. The molecule has 3 nitrogen and oxygen atoms in total. The Hall–Kier alpha value is -1.77. The number of rotatable bonds is 1. The topological polar surface area (TPSA) is 35.1 Å². The van der Waals surface area contributed by atoms with Crippen LogP contribution >= 0.6 is 0 Å². The normalized spacial score (nSPS) is 10.4. The van der Waals surface area contributed by atoms with E-state index in [0.29, 0.717) is 0 Å². The molecule has 0 aliphatic rings. The van der Waals surface area contributed by atoms with Gasteiger partial charge >= 0.3 is 0 Å². The molecule has 0 aliphatic carbocycles. The van der Waals surface area contributed by atoms with Gasteiger partial charge in [-0.15, -0.1) is 0 Å². The molecule has 0 saturated carbocycles. The summed E-state index contributed by atoms with van der Waals surface area (Å²) in [6, 6.07) is 7.10. The van der Waals surface area contributed by atoms with Gasteiger partial charge in [0.1, 0.15) is 11.5 Å². The summed E-state index contributed by atoms with van der Waals surface area (Å²) in [5, 5.41) is 0. The first kappa shape index (κ1) is 8.81. The third-order valence-electron chi connectivity index (χ3n) is 2.11. The molecule has 14 heavy (non-hydrogen) atoms. The third kappa shape index (κ3) is 1.48. The first-order chi connectivity index (χ1) is 6.66. The largest absolute Gasteiger partial charge is 0.461 e. The SMILES string of the molecule is Cc1ccc(-c2ccc(=O)n(C)c2)o1. The Morgan fingerprint density at radius 2 is 2.00 bits per heavy atom. The van der Waals surface area contributed by atoms with Gasteiger partial charge in [-0.05, 0) is 25.1 Å². The lowest BCUT2D eigenvalue weighted by molar-refractivity contribution is 0.547. The van der Waals surface area contributed by atoms with E-state index in [-0.39, 0.29) is 5.56 Å². The molecular weight excluding hydrogens is 178 g/mol. The summed E-state index contributed by atoms with van der Waals surface area (Å²) in [6.07, 6.45) is 1.76. The molecule has 0 aliphatic heterocycles. The molecule has 0 radical (unpaired) electrons. The average Bonchev–Trinajstić information content (AvgIpc) is 2.57. The van der Waals surface area contributed by atoms with Crippen molar-refractivity contribution in [1.82, 2.24) is 4.57 Å². The van der Waals surface area contributed by atoms with Gasteiger partial charge in [0.2, 0.25) is 5.56 Å². The molecule has 0 fully saturated rings. The summed E-state index contributed by atoms with van der Waals surface area (Å²) >= 11 is 0. The van der Waals surface area contributed by atoms with E-state index in [9.17, 15) is 4.79 Å². The van der Waals surface area contributed by atoms with E-state index in [4.69, 9.17) is 4.42 Å². The van der Waals surface area contributed by atoms with Gasteiger partial charge in [-0.3, -0.25) is 4.79 Å². The first-order valence-corrected chi connectivity index (χ1v) is 4.40. The van der Waals surface area contributed by atoms with Crippen molar-refractivity contribution in [3.05, 3.63) is 46.6 Å². The Bertz CT molecular complexity index is 508. The van der Waals surface area contributed by atoms with Gasteiger partial charge in [-0.1, -0.05) is 0 Å². The van der Waals surface area contributed by atoms with Crippen LogP contribution in [-0.4, -0.2) is 4.57 Å². The third-order valence-corrected chi connectivity index (χ3v) is 2.11. The first-order valence-electron chi connectivity index (χ1n) is 4.40. The molecule has 0 N–H and O–H groups in total. The van der Waals surface area contributed by atoms with Crippen LogP contribution in [0.25, 0.3) is 11.3 Å². The van der Waals surface area contributed by atoms with Gasteiger partial charge in [0.15, 0.2) is 0 Å². The Morgan fingerprint density at radius 1 is 1.21 bits per heavy atom. The fraction of sp³-hybridized carbons (Fsp3) is 0.182. The second-order valence-corrected chi connectivity index (χ2v) is 3.28. The van der Waals surface area contributed by atoms with Crippen LogP contribution in [0, 0.1) is 6.92 Å². The molecule has 0 aromatic carbocycles. The standard InChI is InChI=1S/C11H11NO2/c1-8-3-5-10(14-8)9-4-6-11(13)12(2)7-9/h3-7H,1-2H3. The number of furan rings is 1. The van der Waals surface area contributed by atoms with Crippen molar-refractivity contribution < 1.29 is 4.42 Å². The molecular formula is C11H11NO2. The smallest absolute Gasteiger partial charge is 0.250 e. The maximum absolute atomic E-state index is 11.1. The van der Waals surface area contributed by atoms with Crippen molar-refractivity contribution in [2.45, 2.75) is 6.92 Å². The number of hydrogen-bond acceptors (Lipinski definition) is 2. The molecule has 0 bridgehead atoms. The fourth-order valence-electron chi connectivity index (χ4n) is 1.33. The van der Waals surface area contributed by atoms with E-state index in [1.54, 1.807) is 19.3 Å². The molecule has 3 heteroatoms. The Kier molecular flexibility index (Phi) is 2.00. The van der Waals surface area contributed by atoms with Crippen LogP contribution in [0.3, 0.4) is 0 Å². The van der Waals surface area contributed by atoms with Crippen molar-refractivity contribution in [3.63, 3.8) is 0 Å². The van der Waals surface area contributed by atoms with Crippen LogP contribution in [0.1, 0.15) is 5.76 Å². The lowest BCUT2D eigenvalue weighted by atomic mass is 10.2. The van der Waals surface area contributed by atoms with E-state index in [1.807, 2.05) is 19.1 Å². The van der Waals surface area contributed by atoms with Crippen molar-refractivity contribution in [3.8, 4) is 11.3 Å². The minimum Gasteiger partial charge on any atom is -0.461 e. The maximum atomic E-state index is 11.1. The minimum absolute atomic E-state index is 0.0166. The number of nitrogens with zero attached hydrogens (tertiary/aromatic N) is 1. The molecule has 2 rings (SSSR count). The second kappa shape index (κ2) is 3.18. The summed E-state index contributed by atoms with van der Waals surface area (Å²) < 4.78 is 6.98. The molecule has 0 saturated heterocycles. The molecule has 72 valence electrons. The highest BCUT2D eigenvalue weighted by molar-refractivity contribution is 5.55. The molecule has 2 heterocycles. The number of hydrogen-bond donors (Lipinski definition) is 0. The van der Waals surface area contributed by atoms with Gasteiger partial charge in [0, 0.05) is 24.9 Å². The zero-order valence-corrected chi connectivity index (χ0v) is 8.15. The van der Waals surface area contributed by atoms with Crippen LogP contribution in [0.2, 0.25) is 0 Å². The van der Waals surface area contributed by atoms with Gasteiger partial charge in [-0.25, -0.2) is 0 Å². The van der Waals surface area contributed by atoms with E-state index < -0.39 is 0 Å². The van der Waals surface area contributed by atoms with Crippen LogP contribution < -0.4 is 5.56 Å². The number of aromatic nitrogens is 1. The quantitative estimate of drug-likeness (QED) is 0.687. The second-order valence-electron chi connectivity index (χ2n) is 3.28. The summed E-state index contributed by atoms with van der Waals surface area (Å²) in [6.45, 7) is 1.89. The van der Waals surface area contributed by atoms with Crippen molar-refractivity contribution >= 4 is 0 Å².